The first-order chi connectivity index (χ1) is 8.90. The van der Waals surface area contributed by atoms with Crippen molar-refractivity contribution >= 4 is 14.1 Å². The molecule has 2 aliphatic rings. The number of ether oxygens (including phenoxy) is 2. The molecule has 0 aromatic heterocycles. The van der Waals surface area contributed by atoms with Crippen LogP contribution >= 0.6 is 0 Å². The standard InChI is InChI=1S/C15H28O4Si/c1-13(2,3)20(6,7)17-10-15-11(16)8-9-12(15)18-14(4,5)19-15/h12H,8-10H2,1-7H3/t12-,15+/m1/s1. The molecule has 2 fully saturated rings. The second-order valence-corrected chi connectivity index (χ2v) is 12.8. The zero-order valence-corrected chi connectivity index (χ0v) is 14.8. The number of hydrogen-bond donors (Lipinski definition) is 0. The second-order valence-electron chi connectivity index (χ2n) is 8.01. The summed E-state index contributed by atoms with van der Waals surface area (Å²) in [6.45, 7) is 15.0. The molecular weight excluding hydrogens is 272 g/mol. The Hall–Kier alpha value is -0.233. The van der Waals surface area contributed by atoms with Crippen LogP contribution in [0, 0.1) is 0 Å². The van der Waals surface area contributed by atoms with E-state index in [-0.39, 0.29) is 16.9 Å². The van der Waals surface area contributed by atoms with Gasteiger partial charge in [-0.25, -0.2) is 0 Å². The number of Topliss-reactive ketones (excluding diaryl/α,β-unsaturated/α-hetero) is 1. The SMILES string of the molecule is CC1(C)O[C@@H]2CCC(=O)[C@]2(CO[Si](C)(C)C(C)(C)C)O1. The highest BCUT2D eigenvalue weighted by Gasteiger charge is 2.61. The van der Waals surface area contributed by atoms with E-state index in [1.807, 2.05) is 13.8 Å². The number of carbonyl (C=O) groups is 1. The van der Waals surface area contributed by atoms with Crippen molar-refractivity contribution in [1.29, 1.82) is 0 Å². The minimum Gasteiger partial charge on any atom is -0.413 e. The Labute approximate surface area is 123 Å². The Balaban J connectivity index is 2.16. The highest BCUT2D eigenvalue weighted by atomic mass is 28.4. The summed E-state index contributed by atoms with van der Waals surface area (Å²) >= 11 is 0. The van der Waals surface area contributed by atoms with Gasteiger partial charge in [-0.15, -0.1) is 0 Å². The molecule has 0 aromatic rings. The molecule has 1 saturated carbocycles. The molecule has 0 bridgehead atoms. The Bertz CT molecular complexity index is 411. The number of hydrogen-bond acceptors (Lipinski definition) is 4. The van der Waals surface area contributed by atoms with Crippen LogP contribution in [-0.2, 0) is 18.7 Å². The molecule has 2 atom stereocenters. The zero-order chi connectivity index (χ0) is 15.4. The van der Waals surface area contributed by atoms with Gasteiger partial charge in [0, 0.05) is 6.42 Å². The quantitative estimate of drug-likeness (QED) is 0.750. The lowest BCUT2D eigenvalue weighted by atomic mass is 10.0. The van der Waals surface area contributed by atoms with Crippen molar-refractivity contribution in [2.75, 3.05) is 6.61 Å². The second kappa shape index (κ2) is 4.63. The predicted molar refractivity (Wildman–Crippen MR) is 80.2 cm³/mol. The monoisotopic (exact) mass is 300 g/mol. The minimum atomic E-state index is -1.90. The van der Waals surface area contributed by atoms with E-state index < -0.39 is 19.7 Å². The lowest BCUT2D eigenvalue weighted by molar-refractivity contribution is -0.179. The lowest BCUT2D eigenvalue weighted by Crippen LogP contribution is -2.52. The van der Waals surface area contributed by atoms with Crippen LogP contribution in [0.15, 0.2) is 0 Å². The van der Waals surface area contributed by atoms with Crippen LogP contribution in [-0.4, -0.2) is 38.2 Å². The van der Waals surface area contributed by atoms with Gasteiger partial charge in [-0.05, 0) is 38.4 Å². The Morgan fingerprint density at radius 2 is 1.95 bits per heavy atom. The van der Waals surface area contributed by atoms with Gasteiger partial charge in [0.25, 0.3) is 0 Å². The van der Waals surface area contributed by atoms with E-state index >= 15 is 0 Å². The van der Waals surface area contributed by atoms with E-state index in [4.69, 9.17) is 13.9 Å². The van der Waals surface area contributed by atoms with Crippen LogP contribution in [0.3, 0.4) is 0 Å². The van der Waals surface area contributed by atoms with Crippen molar-refractivity contribution in [2.24, 2.45) is 0 Å². The van der Waals surface area contributed by atoms with Gasteiger partial charge in [-0.1, -0.05) is 20.8 Å². The van der Waals surface area contributed by atoms with Crippen molar-refractivity contribution in [3.63, 3.8) is 0 Å². The molecule has 1 aliphatic carbocycles. The maximum atomic E-state index is 12.4. The summed E-state index contributed by atoms with van der Waals surface area (Å²) in [5.74, 6) is -0.566. The molecule has 0 amide bonds. The lowest BCUT2D eigenvalue weighted by Gasteiger charge is -2.39. The number of rotatable bonds is 3. The molecule has 0 unspecified atom stereocenters. The summed E-state index contributed by atoms with van der Waals surface area (Å²) in [4.78, 5) is 12.4. The third kappa shape index (κ3) is 2.61. The summed E-state index contributed by atoms with van der Waals surface area (Å²) in [6.07, 6.45) is 1.11. The Kier molecular flexibility index (Phi) is 3.74. The summed E-state index contributed by atoms with van der Waals surface area (Å²) < 4.78 is 18.2. The number of ketones is 1. The Morgan fingerprint density at radius 3 is 2.50 bits per heavy atom. The molecule has 116 valence electrons. The first kappa shape index (κ1) is 16.1. The fraction of sp³-hybridized carbons (Fsp3) is 0.933. The molecule has 20 heavy (non-hydrogen) atoms. The fourth-order valence-electron chi connectivity index (χ4n) is 2.68. The maximum Gasteiger partial charge on any atom is 0.192 e. The van der Waals surface area contributed by atoms with E-state index in [9.17, 15) is 4.79 Å². The molecule has 0 aromatic carbocycles. The van der Waals surface area contributed by atoms with Crippen molar-refractivity contribution in [2.45, 2.75) is 83.1 Å². The van der Waals surface area contributed by atoms with Crippen LogP contribution in [0.5, 0.6) is 0 Å². The first-order valence-electron chi connectivity index (χ1n) is 7.45. The summed E-state index contributed by atoms with van der Waals surface area (Å²) in [5.41, 5.74) is -0.876. The molecule has 1 heterocycles. The summed E-state index contributed by atoms with van der Waals surface area (Å²) in [5, 5.41) is 0.121. The van der Waals surface area contributed by atoms with Gasteiger partial charge in [-0.3, -0.25) is 4.79 Å². The Morgan fingerprint density at radius 1 is 1.35 bits per heavy atom. The van der Waals surface area contributed by atoms with Crippen molar-refractivity contribution in [3.05, 3.63) is 0 Å². The third-order valence-electron chi connectivity index (χ3n) is 4.93. The van der Waals surface area contributed by atoms with Gasteiger partial charge < -0.3 is 13.9 Å². The average molecular weight is 300 g/mol. The van der Waals surface area contributed by atoms with E-state index in [1.54, 1.807) is 0 Å². The van der Waals surface area contributed by atoms with E-state index in [0.29, 0.717) is 13.0 Å². The molecule has 4 nitrogen and oxygen atoms in total. The molecule has 2 rings (SSSR count). The molecule has 0 N–H and O–H groups in total. The highest BCUT2D eigenvalue weighted by molar-refractivity contribution is 6.74. The smallest absolute Gasteiger partial charge is 0.192 e. The largest absolute Gasteiger partial charge is 0.413 e. The van der Waals surface area contributed by atoms with E-state index in [0.717, 1.165) is 6.42 Å². The molecule has 5 heteroatoms. The zero-order valence-electron chi connectivity index (χ0n) is 13.8. The van der Waals surface area contributed by atoms with Crippen LogP contribution < -0.4 is 0 Å². The predicted octanol–water partition coefficient (Wildman–Crippen LogP) is 3.26. The molecule has 1 aliphatic heterocycles. The van der Waals surface area contributed by atoms with Gasteiger partial charge in [0.05, 0.1) is 12.7 Å². The van der Waals surface area contributed by atoms with Gasteiger partial charge in [0.1, 0.15) is 0 Å². The number of carbonyl (C=O) groups excluding carboxylic acids is 1. The molecular formula is C15H28O4Si. The van der Waals surface area contributed by atoms with Crippen LogP contribution in [0.2, 0.25) is 18.1 Å². The van der Waals surface area contributed by atoms with Crippen LogP contribution in [0.25, 0.3) is 0 Å². The fourth-order valence-corrected chi connectivity index (χ4v) is 3.68. The number of fused-ring (bicyclic) bond motifs is 1. The van der Waals surface area contributed by atoms with Gasteiger partial charge in [0.15, 0.2) is 25.5 Å². The van der Waals surface area contributed by atoms with Gasteiger partial charge in [-0.2, -0.15) is 0 Å². The average Bonchev–Trinajstić information content (AvgIpc) is 2.68. The van der Waals surface area contributed by atoms with E-state index in [1.165, 1.54) is 0 Å². The topological polar surface area (TPSA) is 44.8 Å². The summed E-state index contributed by atoms with van der Waals surface area (Å²) in [6, 6.07) is 0. The highest BCUT2D eigenvalue weighted by Crippen LogP contribution is 2.46. The van der Waals surface area contributed by atoms with Crippen LogP contribution in [0.1, 0.15) is 47.5 Å². The molecule has 0 radical (unpaired) electrons. The van der Waals surface area contributed by atoms with E-state index in [2.05, 4.69) is 33.9 Å². The maximum absolute atomic E-state index is 12.4. The minimum absolute atomic E-state index is 0.121. The molecule has 1 saturated heterocycles. The van der Waals surface area contributed by atoms with Gasteiger partial charge >= 0.3 is 0 Å². The third-order valence-corrected chi connectivity index (χ3v) is 9.41. The van der Waals surface area contributed by atoms with Crippen molar-refractivity contribution in [3.8, 4) is 0 Å². The molecule has 0 spiro atoms. The van der Waals surface area contributed by atoms with Gasteiger partial charge in [0.2, 0.25) is 0 Å². The van der Waals surface area contributed by atoms with Crippen molar-refractivity contribution in [1.82, 2.24) is 0 Å². The first-order valence-corrected chi connectivity index (χ1v) is 10.4. The normalized spacial score (nSPS) is 33.5. The van der Waals surface area contributed by atoms with Crippen molar-refractivity contribution < 1.29 is 18.7 Å². The van der Waals surface area contributed by atoms with Crippen LogP contribution in [0.4, 0.5) is 0 Å². The summed E-state index contributed by atoms with van der Waals surface area (Å²) in [7, 11) is -1.90.